The van der Waals surface area contributed by atoms with Crippen molar-refractivity contribution < 1.29 is 14.4 Å². The van der Waals surface area contributed by atoms with E-state index in [2.05, 4.69) is 31.9 Å². The number of Topliss-reactive ketones (excluding diaryl/α,β-unsaturated/α-hetero) is 1. The number of hydrogen-bond acceptors (Lipinski definition) is 10. The molecule has 4 bridgehead atoms. The fourth-order valence-electron chi connectivity index (χ4n) is 9.24. The van der Waals surface area contributed by atoms with Gasteiger partial charge >= 0.3 is 6.15 Å². The van der Waals surface area contributed by atoms with Crippen LogP contribution < -0.4 is 5.73 Å². The number of benzene rings is 2. The van der Waals surface area contributed by atoms with Gasteiger partial charge < -0.3 is 5.73 Å². The maximum absolute atomic E-state index is 12.9. The van der Waals surface area contributed by atoms with E-state index in [0.717, 1.165) is 44.9 Å². The van der Waals surface area contributed by atoms with Gasteiger partial charge in [-0.3, -0.25) is 14.6 Å². The van der Waals surface area contributed by atoms with Gasteiger partial charge in [0.25, 0.3) is 0 Å². The zero-order valence-electron chi connectivity index (χ0n) is 27.9. The standard InChI is InChI=1S/C19H22N2OS.C9H16N2.C8H7NS.CO2.ClH/c1-12-20-16-10-14(2-3-18(16)23-12)17(22)11-15-13-4-8-21(9-5-13)19(15)6-7-19;10-8-7-1-5-11(6-2-7)9(8)3-4-9;1-6-9-7-4-2-3-5-8(7)10-6;2-1-3;/h2-3,10,13,15H,4-9,11H2,1H3;7-8H,1-6,10H2;2-5H,1H3;;1H/t15-;8-;;;/m11.../s1. The summed E-state index contributed by atoms with van der Waals surface area (Å²) in [5, 5.41) is 2.21. The lowest BCUT2D eigenvalue weighted by Gasteiger charge is -2.52. The van der Waals surface area contributed by atoms with E-state index >= 15 is 0 Å². The van der Waals surface area contributed by atoms with Crippen molar-refractivity contribution in [1.29, 1.82) is 0 Å². The maximum atomic E-state index is 12.9. The molecule has 4 aromatic rings. The number of nitrogens with zero attached hydrogens (tertiary/aromatic N) is 4. The minimum Gasteiger partial charge on any atom is -0.326 e. The Morgan fingerprint density at radius 2 is 1.33 bits per heavy atom. The first-order valence-corrected chi connectivity index (χ1v) is 18.9. The Hall–Kier alpha value is -2.56. The topological polar surface area (TPSA) is 109 Å². The summed E-state index contributed by atoms with van der Waals surface area (Å²) in [4.78, 5) is 43.4. The first-order valence-electron chi connectivity index (χ1n) is 17.2. The summed E-state index contributed by atoms with van der Waals surface area (Å²) in [6.45, 7) is 9.25. The molecule has 0 radical (unpaired) electrons. The molecule has 8 aliphatic rings. The lowest BCUT2D eigenvalue weighted by atomic mass is 9.69. The number of para-hydroxylation sites is 1. The smallest absolute Gasteiger partial charge is 0.326 e. The number of fused-ring (bicyclic) bond motifs is 6. The molecule has 256 valence electrons. The maximum Gasteiger partial charge on any atom is 0.373 e. The molecular formula is C37H46ClN5O3S2. The Balaban J connectivity index is 0.000000134. The van der Waals surface area contributed by atoms with E-state index in [1.54, 1.807) is 22.7 Å². The summed E-state index contributed by atoms with van der Waals surface area (Å²) in [7, 11) is 0. The van der Waals surface area contributed by atoms with E-state index in [4.69, 9.17) is 15.3 Å². The van der Waals surface area contributed by atoms with Crippen LogP contribution in [0.4, 0.5) is 0 Å². The van der Waals surface area contributed by atoms with Gasteiger partial charge in [-0.1, -0.05) is 12.1 Å². The molecule has 2 aliphatic carbocycles. The van der Waals surface area contributed by atoms with Crippen molar-refractivity contribution >= 4 is 67.4 Å². The van der Waals surface area contributed by atoms with Crippen LogP contribution in [-0.2, 0) is 9.59 Å². The average Bonchev–Trinajstić information content (AvgIpc) is 3.98. The lowest BCUT2D eigenvalue weighted by Crippen LogP contribution is -2.63. The van der Waals surface area contributed by atoms with Crippen molar-refractivity contribution in [1.82, 2.24) is 19.8 Å². The van der Waals surface area contributed by atoms with Crippen molar-refractivity contribution in [3.8, 4) is 0 Å². The van der Waals surface area contributed by atoms with E-state index in [0.29, 0.717) is 28.8 Å². The highest BCUT2D eigenvalue weighted by molar-refractivity contribution is 7.18. The summed E-state index contributed by atoms with van der Waals surface area (Å²) < 4.78 is 2.46. The van der Waals surface area contributed by atoms with Crippen LogP contribution in [0, 0.1) is 31.6 Å². The molecule has 6 saturated heterocycles. The summed E-state index contributed by atoms with van der Waals surface area (Å²) in [5.41, 5.74) is 10.1. The molecule has 2 spiro atoms. The van der Waals surface area contributed by atoms with Crippen LogP contribution in [0.15, 0.2) is 42.5 Å². The van der Waals surface area contributed by atoms with E-state index in [1.807, 2.05) is 44.2 Å². The number of aryl methyl sites for hydroxylation is 2. The first-order chi connectivity index (χ1) is 22.8. The number of thiazole rings is 2. The zero-order valence-corrected chi connectivity index (χ0v) is 30.3. The molecule has 8 nitrogen and oxygen atoms in total. The van der Waals surface area contributed by atoms with Crippen molar-refractivity contribution in [2.45, 2.75) is 88.8 Å². The van der Waals surface area contributed by atoms with Crippen LogP contribution >= 0.6 is 35.1 Å². The van der Waals surface area contributed by atoms with Crippen molar-refractivity contribution in [2.75, 3.05) is 26.2 Å². The minimum atomic E-state index is 0. The number of halogens is 1. The Morgan fingerprint density at radius 1 is 0.812 bits per heavy atom. The summed E-state index contributed by atoms with van der Waals surface area (Å²) in [6, 6.07) is 14.8. The Morgan fingerprint density at radius 3 is 1.88 bits per heavy atom. The highest BCUT2D eigenvalue weighted by atomic mass is 35.5. The molecule has 0 amide bonds. The molecular weight excluding hydrogens is 662 g/mol. The molecule has 8 fully saturated rings. The molecule has 12 rings (SSSR count). The predicted molar refractivity (Wildman–Crippen MR) is 194 cm³/mol. The Kier molecular flexibility index (Phi) is 10.5. The quantitative estimate of drug-likeness (QED) is 0.225. The van der Waals surface area contributed by atoms with E-state index in [-0.39, 0.29) is 18.6 Å². The van der Waals surface area contributed by atoms with Gasteiger partial charge in [0.1, 0.15) is 0 Å². The summed E-state index contributed by atoms with van der Waals surface area (Å²) in [6.07, 6.45) is 11.7. The highest BCUT2D eigenvalue weighted by Gasteiger charge is 2.60. The van der Waals surface area contributed by atoms with Crippen LogP contribution in [0.5, 0.6) is 0 Å². The monoisotopic (exact) mass is 707 g/mol. The van der Waals surface area contributed by atoms with Crippen LogP contribution in [-0.4, -0.2) is 75.0 Å². The van der Waals surface area contributed by atoms with Crippen molar-refractivity contribution in [2.24, 2.45) is 23.5 Å². The van der Waals surface area contributed by atoms with Gasteiger partial charge in [-0.05, 0) is 139 Å². The lowest BCUT2D eigenvalue weighted by molar-refractivity contribution is -0.191. The normalized spacial score (nSPS) is 29.0. The van der Waals surface area contributed by atoms with Crippen LogP contribution in [0.2, 0.25) is 0 Å². The molecule has 2 N–H and O–H groups in total. The molecule has 48 heavy (non-hydrogen) atoms. The van der Waals surface area contributed by atoms with Gasteiger partial charge in [0.15, 0.2) is 5.78 Å². The molecule has 11 heteroatoms. The Bertz CT molecular complexity index is 1740. The van der Waals surface area contributed by atoms with Gasteiger partial charge in [0.2, 0.25) is 0 Å². The SMILES string of the molecule is Cc1nc2cc(C(=O)C[C@@H]3C4CCN(CC4)C34CC4)ccc2s1.Cc1nc2ccccc2s1.Cl.N[C@@H]1C2CCN(CC2)C12CC2.O=C=O. The Labute approximate surface area is 296 Å². The number of aromatic nitrogens is 2. The fraction of sp³-hybridized carbons (Fsp3) is 0.568. The van der Waals surface area contributed by atoms with E-state index in [9.17, 15) is 4.79 Å². The summed E-state index contributed by atoms with van der Waals surface area (Å²) >= 11 is 3.44. The van der Waals surface area contributed by atoms with Crippen molar-refractivity contribution in [3.05, 3.63) is 58.0 Å². The molecule has 0 unspecified atom stereocenters. The number of ketones is 1. The van der Waals surface area contributed by atoms with Crippen molar-refractivity contribution in [3.63, 3.8) is 0 Å². The van der Waals surface area contributed by atoms with Gasteiger partial charge in [0.05, 0.1) is 30.4 Å². The summed E-state index contributed by atoms with van der Waals surface area (Å²) in [5.74, 6) is 2.55. The third-order valence-corrected chi connectivity index (χ3v) is 13.8. The average molecular weight is 708 g/mol. The third-order valence-electron chi connectivity index (χ3n) is 11.9. The fourth-order valence-corrected chi connectivity index (χ4v) is 10.9. The molecule has 8 heterocycles. The van der Waals surface area contributed by atoms with Gasteiger partial charge in [-0.2, -0.15) is 9.59 Å². The van der Waals surface area contributed by atoms with Crippen LogP contribution in [0.1, 0.15) is 78.2 Å². The molecule has 2 aromatic heterocycles. The van der Waals surface area contributed by atoms with Crippen LogP contribution in [0.3, 0.4) is 0 Å². The van der Waals surface area contributed by atoms with E-state index < -0.39 is 0 Å². The van der Waals surface area contributed by atoms with Gasteiger partial charge in [-0.25, -0.2) is 9.97 Å². The number of nitrogens with two attached hydrogens (primary N) is 1. The zero-order chi connectivity index (χ0) is 32.8. The number of rotatable bonds is 3. The second-order valence-corrected chi connectivity index (χ2v) is 16.8. The molecule has 2 atom stereocenters. The largest absolute Gasteiger partial charge is 0.373 e. The second kappa shape index (κ2) is 14.4. The number of carbonyl (C=O) groups is 1. The number of hydrogen-bond donors (Lipinski definition) is 1. The molecule has 2 saturated carbocycles. The predicted octanol–water partition coefficient (Wildman–Crippen LogP) is 7.07. The molecule has 6 aliphatic heterocycles. The second-order valence-electron chi connectivity index (χ2n) is 14.3. The number of carbonyl (C=O) groups excluding carboxylic acids is 3. The third kappa shape index (κ3) is 6.78. The first kappa shape index (κ1) is 35.3. The van der Waals surface area contributed by atoms with Gasteiger partial charge in [-0.15, -0.1) is 35.1 Å². The minimum absolute atomic E-state index is 0. The van der Waals surface area contributed by atoms with Gasteiger partial charge in [0, 0.05) is 29.1 Å². The highest BCUT2D eigenvalue weighted by Crippen LogP contribution is 2.58. The molecule has 2 aromatic carbocycles. The van der Waals surface area contributed by atoms with E-state index in [1.165, 1.54) is 86.9 Å². The van der Waals surface area contributed by atoms with Crippen LogP contribution in [0.25, 0.3) is 20.4 Å². The number of piperidine rings is 6.